The van der Waals surface area contributed by atoms with Crippen LogP contribution in [0.1, 0.15) is 11.4 Å². The van der Waals surface area contributed by atoms with E-state index in [9.17, 15) is 0 Å². The lowest BCUT2D eigenvalue weighted by Crippen LogP contribution is -1.97. The van der Waals surface area contributed by atoms with E-state index in [0.717, 1.165) is 26.6 Å². The van der Waals surface area contributed by atoms with E-state index in [2.05, 4.69) is 25.9 Å². The van der Waals surface area contributed by atoms with E-state index in [-0.39, 0.29) is 5.15 Å². The normalized spacial score (nSPS) is 10.9. The molecule has 3 nitrogen and oxygen atoms in total. The minimum Gasteiger partial charge on any atom is -0.435 e. The fraction of sp³-hybridized carbons (Fsp3) is 0.125. The molecule has 0 aliphatic carbocycles. The summed E-state index contributed by atoms with van der Waals surface area (Å²) < 4.78 is 6.70. The van der Waals surface area contributed by atoms with Crippen molar-refractivity contribution in [2.45, 2.75) is 13.8 Å². The summed E-state index contributed by atoms with van der Waals surface area (Å²) in [4.78, 5) is 8.58. The Bertz CT molecular complexity index is 836. The number of hydrogen-bond donors (Lipinski definition) is 0. The van der Waals surface area contributed by atoms with E-state index < -0.39 is 0 Å². The topological polar surface area (TPSA) is 35.0 Å². The van der Waals surface area contributed by atoms with E-state index in [4.69, 9.17) is 16.3 Å². The molecule has 106 valence electrons. The first-order valence-corrected chi connectivity index (χ1v) is 7.59. The van der Waals surface area contributed by atoms with Crippen molar-refractivity contribution in [3.8, 4) is 11.6 Å². The Morgan fingerprint density at radius 3 is 2.52 bits per heavy atom. The number of benzene rings is 2. The fourth-order valence-corrected chi connectivity index (χ4v) is 2.80. The van der Waals surface area contributed by atoms with Gasteiger partial charge in [0.1, 0.15) is 5.75 Å². The molecule has 0 radical (unpaired) electrons. The van der Waals surface area contributed by atoms with Crippen molar-refractivity contribution in [2.75, 3.05) is 0 Å². The van der Waals surface area contributed by atoms with Crippen molar-refractivity contribution < 1.29 is 4.74 Å². The van der Waals surface area contributed by atoms with Gasteiger partial charge in [-0.1, -0.05) is 41.9 Å². The van der Waals surface area contributed by atoms with Crippen LogP contribution >= 0.6 is 27.5 Å². The van der Waals surface area contributed by atoms with Crippen molar-refractivity contribution in [2.24, 2.45) is 0 Å². The van der Waals surface area contributed by atoms with Crippen molar-refractivity contribution in [3.63, 3.8) is 0 Å². The molecule has 0 N–H and O–H groups in total. The molecular weight excluding hydrogens is 352 g/mol. The van der Waals surface area contributed by atoms with Gasteiger partial charge in [-0.3, -0.25) is 0 Å². The van der Waals surface area contributed by atoms with Gasteiger partial charge >= 0.3 is 0 Å². The maximum Gasteiger partial charge on any atom is 0.257 e. The predicted molar refractivity (Wildman–Crippen MR) is 88.2 cm³/mol. The molecule has 0 fully saturated rings. The first-order valence-electron chi connectivity index (χ1n) is 6.42. The van der Waals surface area contributed by atoms with Gasteiger partial charge in [0.05, 0.1) is 15.9 Å². The molecule has 1 aromatic heterocycles. The maximum absolute atomic E-state index is 6.11. The lowest BCUT2D eigenvalue weighted by atomic mass is 10.1. The van der Waals surface area contributed by atoms with Crippen LogP contribution in [0.15, 0.2) is 40.9 Å². The molecule has 0 bridgehead atoms. The zero-order valence-electron chi connectivity index (χ0n) is 11.5. The Labute approximate surface area is 136 Å². The van der Waals surface area contributed by atoms with Crippen LogP contribution < -0.4 is 4.74 Å². The van der Waals surface area contributed by atoms with Crippen LogP contribution in [0.2, 0.25) is 5.15 Å². The Hall–Kier alpha value is -1.65. The van der Waals surface area contributed by atoms with Gasteiger partial charge in [0, 0.05) is 0 Å². The average molecular weight is 364 g/mol. The first kappa shape index (κ1) is 14.3. The van der Waals surface area contributed by atoms with Crippen LogP contribution in [0.25, 0.3) is 10.8 Å². The summed E-state index contributed by atoms with van der Waals surface area (Å²) in [5, 5.41) is 2.47. The summed E-state index contributed by atoms with van der Waals surface area (Å²) in [5.41, 5.74) is 1.59. The van der Waals surface area contributed by atoms with Crippen LogP contribution in [-0.2, 0) is 0 Å². The highest BCUT2D eigenvalue weighted by Crippen LogP contribution is 2.36. The molecule has 3 rings (SSSR count). The Kier molecular flexibility index (Phi) is 3.83. The van der Waals surface area contributed by atoms with Crippen molar-refractivity contribution in [1.82, 2.24) is 9.97 Å². The number of aryl methyl sites for hydroxylation is 2. The Morgan fingerprint density at radius 1 is 1.00 bits per heavy atom. The Balaban J connectivity index is 2.06. The highest BCUT2D eigenvalue weighted by atomic mass is 79.9. The molecule has 21 heavy (non-hydrogen) atoms. The van der Waals surface area contributed by atoms with Crippen LogP contribution in [0, 0.1) is 13.8 Å². The summed E-state index contributed by atoms with van der Waals surface area (Å²) in [7, 11) is 0. The van der Waals surface area contributed by atoms with E-state index in [0.29, 0.717) is 11.6 Å². The number of nitrogens with zero attached hydrogens (tertiary/aromatic N) is 2. The van der Waals surface area contributed by atoms with Crippen LogP contribution in [-0.4, -0.2) is 9.97 Å². The number of fused-ring (bicyclic) bond motifs is 1. The molecule has 0 atom stereocenters. The highest BCUT2D eigenvalue weighted by Gasteiger charge is 2.12. The fourth-order valence-electron chi connectivity index (χ4n) is 2.02. The molecule has 0 amide bonds. The molecule has 0 saturated heterocycles. The minimum absolute atomic E-state index is 0.262. The zero-order chi connectivity index (χ0) is 15.0. The van der Waals surface area contributed by atoms with Gasteiger partial charge in [-0.05, 0) is 46.6 Å². The molecule has 3 aromatic rings. The van der Waals surface area contributed by atoms with Crippen LogP contribution in [0.5, 0.6) is 11.6 Å². The Morgan fingerprint density at radius 2 is 1.71 bits per heavy atom. The third-order valence-corrected chi connectivity index (χ3v) is 4.33. The third-order valence-electron chi connectivity index (χ3n) is 3.27. The predicted octanol–water partition coefficient (Wildman–Crippen LogP) is 5.45. The quantitative estimate of drug-likeness (QED) is 0.607. The second-order valence-electron chi connectivity index (χ2n) is 4.69. The molecule has 0 aliphatic heterocycles. The average Bonchev–Trinajstić information content (AvgIpc) is 2.48. The molecule has 0 saturated carbocycles. The second kappa shape index (κ2) is 5.62. The van der Waals surface area contributed by atoms with E-state index in [1.807, 2.05) is 50.2 Å². The molecule has 0 unspecified atom stereocenters. The van der Waals surface area contributed by atoms with E-state index in [1.165, 1.54) is 0 Å². The number of rotatable bonds is 2. The van der Waals surface area contributed by atoms with Crippen molar-refractivity contribution >= 4 is 38.3 Å². The summed E-state index contributed by atoms with van der Waals surface area (Å²) in [6.45, 7) is 3.74. The van der Waals surface area contributed by atoms with E-state index >= 15 is 0 Å². The van der Waals surface area contributed by atoms with Gasteiger partial charge in [0.25, 0.3) is 5.88 Å². The summed E-state index contributed by atoms with van der Waals surface area (Å²) >= 11 is 9.69. The monoisotopic (exact) mass is 362 g/mol. The van der Waals surface area contributed by atoms with Crippen LogP contribution in [0.4, 0.5) is 0 Å². The van der Waals surface area contributed by atoms with Gasteiger partial charge in [-0.25, -0.2) is 9.97 Å². The third kappa shape index (κ3) is 2.74. The minimum atomic E-state index is 0.262. The largest absolute Gasteiger partial charge is 0.435 e. The lowest BCUT2D eigenvalue weighted by Gasteiger charge is -2.11. The smallest absolute Gasteiger partial charge is 0.257 e. The SMILES string of the molecule is Cc1nc(Cl)c(Oc2ccc3ccccc3c2Br)nc1C. The summed E-state index contributed by atoms with van der Waals surface area (Å²) in [5.74, 6) is 0.976. The lowest BCUT2D eigenvalue weighted by molar-refractivity contribution is 0.456. The number of aromatic nitrogens is 2. The maximum atomic E-state index is 6.11. The summed E-state index contributed by atoms with van der Waals surface area (Å²) in [6.07, 6.45) is 0. The van der Waals surface area contributed by atoms with Gasteiger partial charge in [-0.2, -0.15) is 0 Å². The molecule has 2 aromatic carbocycles. The first-order chi connectivity index (χ1) is 10.1. The second-order valence-corrected chi connectivity index (χ2v) is 5.84. The van der Waals surface area contributed by atoms with Gasteiger partial charge in [-0.15, -0.1) is 0 Å². The standard InChI is InChI=1S/C16H12BrClN2O/c1-9-10(2)20-16(15(18)19-9)21-13-8-7-11-5-3-4-6-12(11)14(13)17/h3-8H,1-2H3. The number of hydrogen-bond acceptors (Lipinski definition) is 3. The van der Waals surface area contributed by atoms with Gasteiger partial charge in [0.2, 0.25) is 0 Å². The van der Waals surface area contributed by atoms with Crippen LogP contribution in [0.3, 0.4) is 0 Å². The molecule has 0 aliphatic rings. The molecule has 1 heterocycles. The highest BCUT2D eigenvalue weighted by molar-refractivity contribution is 9.10. The number of ether oxygens (including phenoxy) is 1. The van der Waals surface area contributed by atoms with Crippen molar-refractivity contribution in [1.29, 1.82) is 0 Å². The molecular formula is C16H12BrClN2O. The molecule has 0 spiro atoms. The van der Waals surface area contributed by atoms with Gasteiger partial charge < -0.3 is 4.74 Å². The van der Waals surface area contributed by atoms with Crippen molar-refractivity contribution in [3.05, 3.63) is 57.4 Å². The molecule has 5 heteroatoms. The zero-order valence-corrected chi connectivity index (χ0v) is 13.9. The van der Waals surface area contributed by atoms with Gasteiger partial charge in [0.15, 0.2) is 5.15 Å². The number of halogens is 2. The summed E-state index contributed by atoms with van der Waals surface area (Å²) in [6, 6.07) is 11.9. The van der Waals surface area contributed by atoms with E-state index in [1.54, 1.807) is 0 Å².